The first-order valence-corrected chi connectivity index (χ1v) is 7.98. The van der Waals surface area contributed by atoms with E-state index in [-0.39, 0.29) is 29.6 Å². The summed E-state index contributed by atoms with van der Waals surface area (Å²) in [6, 6.07) is 10.3. The van der Waals surface area contributed by atoms with E-state index in [1.54, 1.807) is 12.1 Å². The Kier molecular flexibility index (Phi) is 5.49. The van der Waals surface area contributed by atoms with Crippen molar-refractivity contribution < 1.29 is 28.3 Å². The lowest BCUT2D eigenvalue weighted by atomic mass is 10.2. The fourth-order valence-electron chi connectivity index (χ4n) is 2.33. The van der Waals surface area contributed by atoms with Crippen LogP contribution < -0.4 is 9.47 Å². The van der Waals surface area contributed by atoms with E-state index in [0.29, 0.717) is 17.1 Å². The first-order chi connectivity index (χ1) is 13.5. The van der Waals surface area contributed by atoms with Crippen LogP contribution in [0.1, 0.15) is 16.2 Å². The normalized spacial score (nSPS) is 10.4. The number of hydrogen-bond donors (Lipinski definition) is 0. The highest BCUT2D eigenvalue weighted by molar-refractivity contribution is 5.90. The van der Waals surface area contributed by atoms with Crippen LogP contribution in [0.15, 0.2) is 46.9 Å². The molecule has 0 radical (unpaired) electrons. The lowest BCUT2D eigenvalue weighted by molar-refractivity contribution is -0.384. The maximum Gasteiger partial charge on any atom is 0.338 e. The molecule has 0 aliphatic heterocycles. The van der Waals surface area contributed by atoms with E-state index in [1.165, 1.54) is 44.6 Å². The van der Waals surface area contributed by atoms with Crippen LogP contribution in [0.25, 0.3) is 11.5 Å². The third-order valence-corrected chi connectivity index (χ3v) is 3.74. The summed E-state index contributed by atoms with van der Waals surface area (Å²) in [5.41, 5.74) is 0.732. The predicted molar refractivity (Wildman–Crippen MR) is 95.1 cm³/mol. The smallest absolute Gasteiger partial charge is 0.338 e. The van der Waals surface area contributed by atoms with Crippen LogP contribution in [0.3, 0.4) is 0 Å². The number of carbonyl (C=O) groups is 1. The van der Waals surface area contributed by atoms with Crippen molar-refractivity contribution in [2.24, 2.45) is 0 Å². The summed E-state index contributed by atoms with van der Waals surface area (Å²) in [5, 5.41) is 18.3. The molecule has 0 fully saturated rings. The van der Waals surface area contributed by atoms with Crippen molar-refractivity contribution in [2.45, 2.75) is 6.61 Å². The first-order valence-electron chi connectivity index (χ1n) is 7.98. The van der Waals surface area contributed by atoms with Crippen molar-refractivity contribution in [3.63, 3.8) is 0 Å². The molecule has 0 unspecified atom stereocenters. The van der Waals surface area contributed by atoms with Crippen LogP contribution in [0.5, 0.6) is 11.5 Å². The van der Waals surface area contributed by atoms with Crippen LogP contribution in [-0.4, -0.2) is 35.3 Å². The van der Waals surface area contributed by atoms with Crippen LogP contribution in [-0.2, 0) is 11.3 Å². The molecule has 0 saturated carbocycles. The number of carbonyl (C=O) groups excluding carboxylic acids is 1. The van der Waals surface area contributed by atoms with Crippen LogP contribution in [0.2, 0.25) is 0 Å². The fourth-order valence-corrected chi connectivity index (χ4v) is 2.33. The number of benzene rings is 2. The largest absolute Gasteiger partial charge is 0.493 e. The van der Waals surface area contributed by atoms with E-state index < -0.39 is 10.9 Å². The van der Waals surface area contributed by atoms with Gasteiger partial charge in [-0.05, 0) is 30.3 Å². The summed E-state index contributed by atoms with van der Waals surface area (Å²) < 4.78 is 20.9. The van der Waals surface area contributed by atoms with Gasteiger partial charge in [0.1, 0.15) is 0 Å². The number of nitro benzene ring substituents is 1. The molecule has 0 saturated heterocycles. The van der Waals surface area contributed by atoms with E-state index in [4.69, 9.17) is 18.6 Å². The molecule has 0 spiro atoms. The van der Waals surface area contributed by atoms with Gasteiger partial charge in [-0.2, -0.15) is 0 Å². The maximum atomic E-state index is 12.2. The summed E-state index contributed by atoms with van der Waals surface area (Å²) >= 11 is 0. The molecule has 144 valence electrons. The molecule has 0 bridgehead atoms. The zero-order valence-electron chi connectivity index (χ0n) is 14.9. The SMILES string of the molecule is COc1ccc(C(=O)OCc2nnc(-c3ccc([N+](=O)[O-])cc3)o2)cc1OC. The van der Waals surface area contributed by atoms with Crippen molar-refractivity contribution in [1.82, 2.24) is 10.2 Å². The summed E-state index contributed by atoms with van der Waals surface area (Å²) in [7, 11) is 2.96. The van der Waals surface area contributed by atoms with Gasteiger partial charge in [0.2, 0.25) is 5.89 Å². The Morgan fingerprint density at radius 1 is 1.07 bits per heavy atom. The van der Waals surface area contributed by atoms with E-state index in [2.05, 4.69) is 10.2 Å². The number of aromatic nitrogens is 2. The van der Waals surface area contributed by atoms with E-state index in [0.717, 1.165) is 0 Å². The molecule has 28 heavy (non-hydrogen) atoms. The molecule has 3 rings (SSSR count). The second-order valence-corrected chi connectivity index (χ2v) is 5.45. The average Bonchev–Trinajstić information content (AvgIpc) is 3.20. The third-order valence-electron chi connectivity index (χ3n) is 3.74. The quantitative estimate of drug-likeness (QED) is 0.342. The van der Waals surface area contributed by atoms with Crippen molar-refractivity contribution in [1.29, 1.82) is 0 Å². The number of ether oxygens (including phenoxy) is 3. The highest BCUT2D eigenvalue weighted by Crippen LogP contribution is 2.28. The monoisotopic (exact) mass is 385 g/mol. The molecule has 10 heteroatoms. The summed E-state index contributed by atoms with van der Waals surface area (Å²) in [6.45, 7) is -0.229. The van der Waals surface area contributed by atoms with Crippen molar-refractivity contribution >= 4 is 11.7 Å². The van der Waals surface area contributed by atoms with Gasteiger partial charge in [-0.25, -0.2) is 4.79 Å². The molecule has 1 aromatic heterocycles. The Labute approximate surface area is 158 Å². The summed E-state index contributed by atoms with van der Waals surface area (Å²) in [6.07, 6.45) is 0. The van der Waals surface area contributed by atoms with Gasteiger partial charge < -0.3 is 18.6 Å². The van der Waals surface area contributed by atoms with Gasteiger partial charge in [0.05, 0.1) is 24.7 Å². The van der Waals surface area contributed by atoms with Gasteiger partial charge in [0, 0.05) is 17.7 Å². The number of hydrogen-bond acceptors (Lipinski definition) is 9. The van der Waals surface area contributed by atoms with Gasteiger partial charge in [-0.1, -0.05) is 0 Å². The van der Waals surface area contributed by atoms with E-state index in [9.17, 15) is 14.9 Å². The highest BCUT2D eigenvalue weighted by Gasteiger charge is 2.15. The lowest BCUT2D eigenvalue weighted by Gasteiger charge is -2.09. The average molecular weight is 385 g/mol. The molecule has 0 atom stereocenters. The topological polar surface area (TPSA) is 127 Å². The number of esters is 1. The summed E-state index contributed by atoms with van der Waals surface area (Å²) in [4.78, 5) is 22.4. The first kappa shape index (κ1) is 18.8. The predicted octanol–water partition coefficient (Wildman–Crippen LogP) is 3.02. The minimum atomic E-state index is -0.601. The Morgan fingerprint density at radius 2 is 1.79 bits per heavy atom. The van der Waals surface area contributed by atoms with Crippen molar-refractivity contribution in [2.75, 3.05) is 14.2 Å². The van der Waals surface area contributed by atoms with Crippen molar-refractivity contribution in [3.8, 4) is 23.0 Å². The second kappa shape index (κ2) is 8.16. The zero-order chi connectivity index (χ0) is 20.1. The fraction of sp³-hybridized carbons (Fsp3) is 0.167. The highest BCUT2D eigenvalue weighted by atomic mass is 16.6. The Balaban J connectivity index is 1.65. The molecular formula is C18H15N3O7. The van der Waals surface area contributed by atoms with Gasteiger partial charge in [0.25, 0.3) is 11.6 Å². The molecule has 0 aliphatic carbocycles. The molecule has 10 nitrogen and oxygen atoms in total. The molecule has 0 amide bonds. The number of non-ortho nitro benzene ring substituents is 1. The Hall–Kier alpha value is -3.95. The van der Waals surface area contributed by atoms with Gasteiger partial charge in [-0.15, -0.1) is 10.2 Å². The number of rotatable bonds is 7. The van der Waals surface area contributed by atoms with Gasteiger partial charge in [-0.3, -0.25) is 10.1 Å². The minimum absolute atomic E-state index is 0.0488. The molecule has 3 aromatic rings. The molecule has 2 aromatic carbocycles. The Morgan fingerprint density at radius 3 is 2.43 bits per heavy atom. The van der Waals surface area contributed by atoms with E-state index >= 15 is 0 Å². The standard InChI is InChI=1S/C18H15N3O7/c1-25-14-8-5-12(9-15(14)26-2)18(22)27-10-16-19-20-17(28-16)11-3-6-13(7-4-11)21(23)24/h3-9H,10H2,1-2H3. The number of methoxy groups -OCH3 is 2. The molecular weight excluding hydrogens is 370 g/mol. The molecule has 1 heterocycles. The van der Waals surface area contributed by atoms with Gasteiger partial charge >= 0.3 is 5.97 Å². The van der Waals surface area contributed by atoms with E-state index in [1.807, 2.05) is 0 Å². The summed E-state index contributed by atoms with van der Waals surface area (Å²) in [5.74, 6) is 0.532. The third kappa shape index (κ3) is 4.06. The van der Waals surface area contributed by atoms with Crippen LogP contribution >= 0.6 is 0 Å². The van der Waals surface area contributed by atoms with Crippen LogP contribution in [0.4, 0.5) is 5.69 Å². The second-order valence-electron chi connectivity index (χ2n) is 5.45. The van der Waals surface area contributed by atoms with Gasteiger partial charge in [0.15, 0.2) is 18.1 Å². The van der Waals surface area contributed by atoms with Crippen LogP contribution in [0, 0.1) is 10.1 Å². The Bertz CT molecular complexity index is 999. The number of nitro groups is 1. The molecule has 0 N–H and O–H groups in total. The number of nitrogens with zero attached hydrogens (tertiary/aromatic N) is 3. The minimum Gasteiger partial charge on any atom is -0.493 e. The lowest BCUT2D eigenvalue weighted by Crippen LogP contribution is -2.06. The maximum absolute atomic E-state index is 12.2. The zero-order valence-corrected chi connectivity index (χ0v) is 14.9. The molecule has 0 aliphatic rings. The van der Waals surface area contributed by atoms with Crippen molar-refractivity contribution in [3.05, 3.63) is 64.0 Å².